The first-order valence-electron chi connectivity index (χ1n) is 8.46. The molecular formula is C18H22F3IN4O3. The first kappa shape index (κ1) is 24.6. The topological polar surface area (TPSA) is 102 Å². The zero-order valence-corrected chi connectivity index (χ0v) is 17.9. The zero-order chi connectivity index (χ0) is 20.6. The summed E-state index contributed by atoms with van der Waals surface area (Å²) in [5.41, 5.74) is 5.94. The maximum Gasteiger partial charge on any atom is 0.422 e. The van der Waals surface area contributed by atoms with Crippen LogP contribution < -0.4 is 21.1 Å². The normalized spacial score (nSPS) is 11.5. The third-order valence-corrected chi connectivity index (χ3v) is 3.42. The third-order valence-electron chi connectivity index (χ3n) is 3.42. The number of guanidine groups is 1. The number of carbonyl (C=O) groups is 1. The van der Waals surface area contributed by atoms with Crippen molar-refractivity contribution < 1.29 is 27.1 Å². The lowest BCUT2D eigenvalue weighted by Gasteiger charge is -2.11. The van der Waals surface area contributed by atoms with Gasteiger partial charge in [0.25, 0.3) is 5.91 Å². The molecule has 11 heteroatoms. The van der Waals surface area contributed by atoms with E-state index in [1.54, 1.807) is 18.2 Å². The lowest BCUT2D eigenvalue weighted by atomic mass is 10.2. The molecule has 2 aromatic rings. The number of aliphatic imine (C=N–C) groups is 1. The van der Waals surface area contributed by atoms with Crippen molar-refractivity contribution in [3.05, 3.63) is 53.5 Å². The molecule has 0 saturated carbocycles. The average Bonchev–Trinajstić information content (AvgIpc) is 3.12. The monoisotopic (exact) mass is 526 g/mol. The first-order chi connectivity index (χ1) is 13.3. The van der Waals surface area contributed by atoms with Gasteiger partial charge in [-0.15, -0.1) is 24.0 Å². The van der Waals surface area contributed by atoms with E-state index in [0.717, 1.165) is 5.56 Å². The number of amides is 1. The van der Waals surface area contributed by atoms with Gasteiger partial charge in [0, 0.05) is 6.54 Å². The number of hydrogen-bond donors (Lipinski definition) is 3. The minimum atomic E-state index is -4.37. The van der Waals surface area contributed by atoms with Crippen molar-refractivity contribution in [2.24, 2.45) is 10.7 Å². The quantitative estimate of drug-likeness (QED) is 0.279. The Hall–Kier alpha value is -2.44. The summed E-state index contributed by atoms with van der Waals surface area (Å²) in [6, 6.07) is 9.34. The molecule has 7 nitrogen and oxygen atoms in total. The molecule has 2 rings (SSSR count). The van der Waals surface area contributed by atoms with E-state index >= 15 is 0 Å². The van der Waals surface area contributed by atoms with E-state index in [1.165, 1.54) is 18.2 Å². The van der Waals surface area contributed by atoms with Crippen molar-refractivity contribution in [3.63, 3.8) is 0 Å². The molecule has 1 aromatic heterocycles. The molecule has 0 saturated heterocycles. The minimum absolute atomic E-state index is 0. The fourth-order valence-corrected chi connectivity index (χ4v) is 2.14. The number of nitrogens with two attached hydrogens (primary N) is 1. The molecule has 160 valence electrons. The van der Waals surface area contributed by atoms with Gasteiger partial charge in [0.1, 0.15) is 11.5 Å². The highest BCUT2D eigenvalue weighted by atomic mass is 127. The summed E-state index contributed by atoms with van der Waals surface area (Å²) >= 11 is 0. The molecule has 4 N–H and O–H groups in total. The lowest BCUT2D eigenvalue weighted by molar-refractivity contribution is -0.153. The molecule has 0 radical (unpaired) electrons. The van der Waals surface area contributed by atoms with Crippen LogP contribution in [0.1, 0.15) is 28.8 Å². The highest BCUT2D eigenvalue weighted by molar-refractivity contribution is 14.0. The van der Waals surface area contributed by atoms with Crippen LogP contribution in [-0.4, -0.2) is 31.2 Å². The summed E-state index contributed by atoms with van der Waals surface area (Å²) in [7, 11) is 0. The maximum absolute atomic E-state index is 12.2. The molecule has 0 spiro atoms. The van der Waals surface area contributed by atoms with Crippen LogP contribution in [0.25, 0.3) is 0 Å². The molecule has 0 aliphatic rings. The van der Waals surface area contributed by atoms with Crippen LogP contribution in [0.5, 0.6) is 5.75 Å². The zero-order valence-electron chi connectivity index (χ0n) is 15.6. The number of ether oxygens (including phenoxy) is 1. The van der Waals surface area contributed by atoms with E-state index in [-0.39, 0.29) is 35.5 Å². The van der Waals surface area contributed by atoms with Crippen LogP contribution in [0, 0.1) is 0 Å². The SMILES string of the molecule is CCNC(=NCc1ccc(OCC(F)(F)F)cc1)NCc1ccc(C(N)=O)o1.I. The molecule has 1 aromatic carbocycles. The molecule has 0 aliphatic heterocycles. The summed E-state index contributed by atoms with van der Waals surface area (Å²) in [5, 5.41) is 6.11. The van der Waals surface area contributed by atoms with Crippen LogP contribution in [0.15, 0.2) is 45.8 Å². The molecular weight excluding hydrogens is 504 g/mol. The number of halogens is 4. The van der Waals surface area contributed by atoms with Crippen molar-refractivity contribution in [2.45, 2.75) is 26.2 Å². The molecule has 29 heavy (non-hydrogen) atoms. The third kappa shape index (κ3) is 9.07. The number of nitrogens with one attached hydrogen (secondary N) is 2. The maximum atomic E-state index is 12.2. The van der Waals surface area contributed by atoms with Crippen LogP contribution in [0.2, 0.25) is 0 Å². The molecule has 0 bridgehead atoms. The Morgan fingerprint density at radius 1 is 1.17 bits per heavy atom. The van der Waals surface area contributed by atoms with Crippen LogP contribution in [-0.2, 0) is 13.1 Å². The second kappa shape index (κ2) is 11.5. The minimum Gasteiger partial charge on any atom is -0.484 e. The second-order valence-corrected chi connectivity index (χ2v) is 5.73. The number of rotatable bonds is 8. The van der Waals surface area contributed by atoms with Gasteiger partial charge in [0.05, 0.1) is 13.1 Å². The van der Waals surface area contributed by atoms with E-state index in [0.29, 0.717) is 31.4 Å². The van der Waals surface area contributed by atoms with Gasteiger partial charge in [-0.05, 0) is 36.8 Å². The standard InChI is InChI=1S/C18H21F3N4O3.HI/c1-2-23-17(25-10-14-7-8-15(28-14)16(22)26)24-9-12-3-5-13(6-4-12)27-11-18(19,20)21;/h3-8H,2,9-11H2,1H3,(H2,22,26)(H2,23,24,25);1H. The highest BCUT2D eigenvalue weighted by Gasteiger charge is 2.28. The van der Waals surface area contributed by atoms with Gasteiger partial charge in [-0.1, -0.05) is 12.1 Å². The van der Waals surface area contributed by atoms with E-state index in [9.17, 15) is 18.0 Å². The fraction of sp³-hybridized carbons (Fsp3) is 0.333. The Morgan fingerprint density at radius 3 is 2.41 bits per heavy atom. The molecule has 1 heterocycles. The number of nitrogens with zero attached hydrogens (tertiary/aromatic N) is 1. The highest BCUT2D eigenvalue weighted by Crippen LogP contribution is 2.19. The van der Waals surface area contributed by atoms with Gasteiger partial charge in [-0.25, -0.2) is 4.99 Å². The number of alkyl halides is 3. The Labute approximate surface area is 182 Å². The number of benzene rings is 1. The number of furan rings is 1. The van der Waals surface area contributed by atoms with Gasteiger partial charge in [-0.2, -0.15) is 13.2 Å². The Balaban J connectivity index is 0.00000420. The van der Waals surface area contributed by atoms with Crippen molar-refractivity contribution in [1.29, 1.82) is 0 Å². The summed E-state index contributed by atoms with van der Waals surface area (Å²) in [6.07, 6.45) is -4.37. The predicted molar refractivity (Wildman–Crippen MR) is 112 cm³/mol. The first-order valence-corrected chi connectivity index (χ1v) is 8.46. The Bertz CT molecular complexity index is 807. The number of carbonyl (C=O) groups excluding carboxylic acids is 1. The summed E-state index contributed by atoms with van der Waals surface area (Å²) in [6.45, 7) is 1.80. The average molecular weight is 526 g/mol. The summed E-state index contributed by atoms with van der Waals surface area (Å²) < 4.78 is 46.4. The molecule has 0 unspecified atom stereocenters. The predicted octanol–water partition coefficient (Wildman–Crippen LogP) is 3.19. The van der Waals surface area contributed by atoms with Crippen molar-refractivity contribution in [1.82, 2.24) is 10.6 Å². The number of primary amides is 1. The van der Waals surface area contributed by atoms with Crippen molar-refractivity contribution in [2.75, 3.05) is 13.2 Å². The fourth-order valence-electron chi connectivity index (χ4n) is 2.14. The smallest absolute Gasteiger partial charge is 0.422 e. The summed E-state index contributed by atoms with van der Waals surface area (Å²) in [4.78, 5) is 15.4. The van der Waals surface area contributed by atoms with E-state index in [4.69, 9.17) is 10.2 Å². The van der Waals surface area contributed by atoms with Crippen LogP contribution in [0.4, 0.5) is 13.2 Å². The van der Waals surface area contributed by atoms with Crippen LogP contribution in [0.3, 0.4) is 0 Å². The molecule has 0 fully saturated rings. The molecule has 0 aliphatic carbocycles. The van der Waals surface area contributed by atoms with Gasteiger partial charge in [-0.3, -0.25) is 4.79 Å². The number of hydrogen-bond acceptors (Lipinski definition) is 4. The van der Waals surface area contributed by atoms with Gasteiger partial charge < -0.3 is 25.5 Å². The summed E-state index contributed by atoms with van der Waals surface area (Å²) in [5.74, 6) is 0.599. The largest absolute Gasteiger partial charge is 0.484 e. The van der Waals surface area contributed by atoms with Gasteiger partial charge in [0.15, 0.2) is 18.3 Å². The van der Waals surface area contributed by atoms with Gasteiger partial charge in [0.2, 0.25) is 0 Å². The molecule has 0 atom stereocenters. The Kier molecular flexibility index (Phi) is 9.78. The van der Waals surface area contributed by atoms with E-state index in [1.807, 2.05) is 6.92 Å². The van der Waals surface area contributed by atoms with Gasteiger partial charge >= 0.3 is 6.18 Å². The van der Waals surface area contributed by atoms with Crippen molar-refractivity contribution in [3.8, 4) is 5.75 Å². The van der Waals surface area contributed by atoms with Crippen molar-refractivity contribution >= 4 is 35.8 Å². The second-order valence-electron chi connectivity index (χ2n) is 5.73. The van der Waals surface area contributed by atoms with Crippen LogP contribution >= 0.6 is 24.0 Å². The van der Waals surface area contributed by atoms with E-state index < -0.39 is 18.7 Å². The Morgan fingerprint density at radius 2 is 1.86 bits per heavy atom. The lowest BCUT2D eigenvalue weighted by Crippen LogP contribution is -2.36. The van der Waals surface area contributed by atoms with E-state index in [2.05, 4.69) is 20.4 Å². The molecule has 1 amide bonds.